The fraction of sp³-hybridized carbons (Fsp3) is 0.273. The number of nitrogens with one attached hydrogen (secondary N) is 1. The van der Waals surface area contributed by atoms with Crippen molar-refractivity contribution in [2.24, 2.45) is 0 Å². The van der Waals surface area contributed by atoms with Crippen LogP contribution in [0.25, 0.3) is 11.3 Å². The molecule has 0 spiro atoms. The molecule has 0 amide bonds. The van der Waals surface area contributed by atoms with E-state index >= 15 is 0 Å². The summed E-state index contributed by atoms with van der Waals surface area (Å²) in [5.41, 5.74) is 5.49. The number of aromatic nitrogens is 5. The highest BCUT2D eigenvalue weighted by atomic mass is 32.1. The summed E-state index contributed by atoms with van der Waals surface area (Å²) >= 11 is 1.68. The summed E-state index contributed by atoms with van der Waals surface area (Å²) in [6, 6.07) is 8.11. The zero-order valence-corrected chi connectivity index (χ0v) is 17.7. The summed E-state index contributed by atoms with van der Waals surface area (Å²) in [6.07, 6.45) is 8.78. The van der Waals surface area contributed by atoms with E-state index in [2.05, 4.69) is 33.6 Å². The largest absolute Gasteiger partial charge is 0.497 e. The number of hydrogen-bond acceptors (Lipinski definition) is 7. The van der Waals surface area contributed by atoms with Gasteiger partial charge in [0.2, 0.25) is 5.95 Å². The van der Waals surface area contributed by atoms with Gasteiger partial charge in [-0.05, 0) is 49.4 Å². The van der Waals surface area contributed by atoms with Crippen molar-refractivity contribution < 1.29 is 4.74 Å². The Kier molecular flexibility index (Phi) is 4.92. The fourth-order valence-electron chi connectivity index (χ4n) is 3.60. The molecule has 7 nitrogen and oxygen atoms in total. The molecule has 0 aliphatic heterocycles. The first-order valence-electron chi connectivity index (χ1n) is 9.93. The monoisotopic (exact) mass is 418 g/mol. The smallest absolute Gasteiger partial charge is 0.228 e. The van der Waals surface area contributed by atoms with Crippen molar-refractivity contribution in [1.29, 1.82) is 0 Å². The van der Waals surface area contributed by atoms with Gasteiger partial charge in [0, 0.05) is 29.0 Å². The van der Waals surface area contributed by atoms with Crippen LogP contribution in [0, 0.1) is 6.92 Å². The van der Waals surface area contributed by atoms with Crippen LogP contribution >= 0.6 is 11.3 Å². The second-order valence-electron chi connectivity index (χ2n) is 7.39. The molecule has 8 heteroatoms. The minimum Gasteiger partial charge on any atom is -0.497 e. The Bertz CT molecular complexity index is 1160. The van der Waals surface area contributed by atoms with E-state index in [9.17, 15) is 0 Å². The Balaban J connectivity index is 1.41. The van der Waals surface area contributed by atoms with E-state index in [1.165, 1.54) is 10.4 Å². The van der Waals surface area contributed by atoms with E-state index < -0.39 is 0 Å². The summed E-state index contributed by atoms with van der Waals surface area (Å²) in [7, 11) is 1.68. The first kappa shape index (κ1) is 18.7. The first-order chi connectivity index (χ1) is 14.7. The van der Waals surface area contributed by atoms with Gasteiger partial charge in [-0.3, -0.25) is 4.68 Å². The van der Waals surface area contributed by atoms with Crippen LogP contribution in [0.15, 0.2) is 42.9 Å². The Morgan fingerprint density at radius 3 is 2.70 bits per heavy atom. The molecule has 3 heterocycles. The zero-order valence-electron chi connectivity index (χ0n) is 16.9. The van der Waals surface area contributed by atoms with Crippen molar-refractivity contribution in [3.8, 4) is 17.0 Å². The first-order valence-corrected chi connectivity index (χ1v) is 10.7. The molecule has 152 valence electrons. The SMILES string of the molecule is COc1ccc(Cn2cc3c(n2)CCCc2sc(Nc4ncc(C)cn4)nc2-3)cc1. The van der Waals surface area contributed by atoms with Crippen LogP contribution in [0.5, 0.6) is 5.75 Å². The number of fused-ring (bicyclic) bond motifs is 3. The normalized spacial score (nSPS) is 12.7. The van der Waals surface area contributed by atoms with E-state index in [0.29, 0.717) is 5.95 Å². The Morgan fingerprint density at radius 1 is 1.13 bits per heavy atom. The Labute approximate surface area is 178 Å². The van der Waals surface area contributed by atoms with Crippen LogP contribution in [0.3, 0.4) is 0 Å². The van der Waals surface area contributed by atoms with E-state index in [0.717, 1.165) is 59.2 Å². The van der Waals surface area contributed by atoms with Crippen LogP contribution in [0.4, 0.5) is 11.1 Å². The maximum Gasteiger partial charge on any atom is 0.228 e. The molecule has 0 unspecified atom stereocenters. The van der Waals surface area contributed by atoms with Crippen molar-refractivity contribution >= 4 is 22.4 Å². The second kappa shape index (κ2) is 7.87. The molecule has 0 fully saturated rings. The predicted octanol–water partition coefficient (Wildman–Crippen LogP) is 4.39. The number of rotatable bonds is 5. The van der Waals surface area contributed by atoms with Crippen LogP contribution in [-0.2, 0) is 19.4 Å². The van der Waals surface area contributed by atoms with Gasteiger partial charge < -0.3 is 10.1 Å². The number of aryl methyl sites for hydroxylation is 3. The fourth-order valence-corrected chi connectivity index (χ4v) is 4.61. The Morgan fingerprint density at radius 2 is 1.93 bits per heavy atom. The van der Waals surface area contributed by atoms with Gasteiger partial charge in [-0.15, -0.1) is 11.3 Å². The molecule has 4 aromatic rings. The van der Waals surface area contributed by atoms with Crippen LogP contribution in [0.1, 0.15) is 28.1 Å². The maximum atomic E-state index is 5.24. The average Bonchev–Trinajstić information content (AvgIpc) is 3.30. The van der Waals surface area contributed by atoms with Crippen molar-refractivity contribution in [2.45, 2.75) is 32.7 Å². The van der Waals surface area contributed by atoms with Crippen molar-refractivity contribution in [1.82, 2.24) is 24.7 Å². The van der Waals surface area contributed by atoms with Gasteiger partial charge in [-0.25, -0.2) is 15.0 Å². The molecular formula is C22H22N6OS. The van der Waals surface area contributed by atoms with Gasteiger partial charge >= 0.3 is 0 Å². The lowest BCUT2D eigenvalue weighted by molar-refractivity contribution is 0.414. The molecule has 1 aliphatic rings. The number of ether oxygens (including phenoxy) is 1. The number of anilines is 2. The molecular weight excluding hydrogens is 396 g/mol. The van der Waals surface area contributed by atoms with E-state index in [-0.39, 0.29) is 0 Å². The minimum atomic E-state index is 0.569. The molecule has 0 atom stereocenters. The third-order valence-corrected chi connectivity index (χ3v) is 6.14. The van der Waals surface area contributed by atoms with Crippen LogP contribution < -0.4 is 10.1 Å². The molecule has 3 aromatic heterocycles. The number of nitrogens with zero attached hydrogens (tertiary/aromatic N) is 5. The lowest BCUT2D eigenvalue weighted by atomic mass is 10.1. The molecule has 1 aromatic carbocycles. The lowest BCUT2D eigenvalue weighted by Crippen LogP contribution is -2.01. The number of methoxy groups -OCH3 is 1. The van der Waals surface area contributed by atoms with Crippen LogP contribution in [0.2, 0.25) is 0 Å². The molecule has 5 rings (SSSR count). The highest BCUT2D eigenvalue weighted by Gasteiger charge is 2.22. The third-order valence-electron chi connectivity index (χ3n) is 5.11. The topological polar surface area (TPSA) is 77.8 Å². The standard InChI is InChI=1S/C22H22N6OS/c1-14-10-23-21(24-11-14)26-22-25-20-17-13-28(12-15-6-8-16(29-2)9-7-15)27-18(17)4-3-5-19(20)30-22/h6-11,13H,3-5,12H2,1-2H3,(H,23,24,25,26). The lowest BCUT2D eigenvalue weighted by Gasteiger charge is -2.04. The minimum absolute atomic E-state index is 0.569. The number of thiazole rings is 1. The molecule has 0 saturated heterocycles. The van der Waals surface area contributed by atoms with Gasteiger partial charge in [0.1, 0.15) is 5.75 Å². The van der Waals surface area contributed by atoms with E-state index in [4.69, 9.17) is 14.8 Å². The number of benzene rings is 1. The van der Waals surface area contributed by atoms with Crippen molar-refractivity contribution in [2.75, 3.05) is 12.4 Å². The van der Waals surface area contributed by atoms with E-state index in [1.807, 2.05) is 23.7 Å². The molecule has 30 heavy (non-hydrogen) atoms. The molecule has 0 bridgehead atoms. The summed E-state index contributed by atoms with van der Waals surface area (Å²) in [5, 5.41) is 8.92. The van der Waals surface area contributed by atoms with Gasteiger partial charge in [0.15, 0.2) is 5.13 Å². The average molecular weight is 419 g/mol. The number of hydrogen-bond donors (Lipinski definition) is 1. The summed E-state index contributed by atoms with van der Waals surface area (Å²) in [5.74, 6) is 1.43. The van der Waals surface area contributed by atoms with Crippen LogP contribution in [-0.4, -0.2) is 31.8 Å². The highest BCUT2D eigenvalue weighted by Crippen LogP contribution is 2.37. The summed E-state index contributed by atoms with van der Waals surface area (Å²) in [6.45, 7) is 2.69. The zero-order chi connectivity index (χ0) is 20.5. The summed E-state index contributed by atoms with van der Waals surface area (Å²) in [4.78, 5) is 14.8. The second-order valence-corrected chi connectivity index (χ2v) is 8.47. The van der Waals surface area contributed by atoms with Gasteiger partial charge in [-0.2, -0.15) is 5.10 Å². The molecule has 1 aliphatic carbocycles. The van der Waals surface area contributed by atoms with Gasteiger partial charge in [-0.1, -0.05) is 12.1 Å². The highest BCUT2D eigenvalue weighted by molar-refractivity contribution is 7.16. The third kappa shape index (κ3) is 3.78. The maximum absolute atomic E-state index is 5.24. The molecule has 0 radical (unpaired) electrons. The summed E-state index contributed by atoms with van der Waals surface area (Å²) < 4.78 is 7.26. The predicted molar refractivity (Wildman–Crippen MR) is 118 cm³/mol. The van der Waals surface area contributed by atoms with Gasteiger partial charge in [0.25, 0.3) is 0 Å². The quantitative estimate of drug-likeness (QED) is 0.518. The van der Waals surface area contributed by atoms with E-state index in [1.54, 1.807) is 30.8 Å². The Hall–Kier alpha value is -3.26. The van der Waals surface area contributed by atoms with Crippen molar-refractivity contribution in [3.63, 3.8) is 0 Å². The molecule has 0 saturated carbocycles. The van der Waals surface area contributed by atoms with Gasteiger partial charge in [0.05, 0.1) is 25.0 Å². The van der Waals surface area contributed by atoms with Crippen molar-refractivity contribution in [3.05, 3.63) is 64.6 Å². The molecule has 1 N–H and O–H groups in total.